The summed E-state index contributed by atoms with van der Waals surface area (Å²) in [5, 5.41) is 2.96. The summed E-state index contributed by atoms with van der Waals surface area (Å²) in [5.41, 5.74) is 1.74. The number of carbonyl (C=O) groups is 1. The van der Waals surface area contributed by atoms with E-state index in [0.29, 0.717) is 15.8 Å². The maximum atomic E-state index is 13.1. The van der Waals surface area contributed by atoms with Gasteiger partial charge in [-0.3, -0.25) is 14.2 Å². The van der Waals surface area contributed by atoms with E-state index in [1.807, 2.05) is 37.4 Å². The highest BCUT2D eigenvalue weighted by Crippen LogP contribution is 2.31. The van der Waals surface area contributed by atoms with Crippen LogP contribution in [0.15, 0.2) is 40.3 Å². The van der Waals surface area contributed by atoms with Crippen LogP contribution in [0.2, 0.25) is 0 Å². The molecule has 7 heteroatoms. The summed E-state index contributed by atoms with van der Waals surface area (Å²) < 4.78 is 2.36. The Bertz CT molecular complexity index is 1080. The van der Waals surface area contributed by atoms with E-state index in [1.165, 1.54) is 17.8 Å². The molecule has 1 aliphatic carbocycles. The molecule has 1 aromatic carbocycles. The lowest BCUT2D eigenvalue weighted by Crippen LogP contribution is -2.26. The van der Waals surface area contributed by atoms with Gasteiger partial charge in [0.25, 0.3) is 11.5 Å². The SMILES string of the molecule is CSc1cccc(NC(=O)c2c(C)sc3c(=O)n(C4CCCCC4)cnc23)c1. The molecule has 0 bridgehead atoms. The molecular formula is C21H23N3O2S2. The fourth-order valence-corrected chi connectivity index (χ4v) is 5.37. The highest BCUT2D eigenvalue weighted by Gasteiger charge is 2.23. The van der Waals surface area contributed by atoms with Crippen LogP contribution in [0, 0.1) is 6.92 Å². The Morgan fingerprint density at radius 2 is 2.07 bits per heavy atom. The van der Waals surface area contributed by atoms with E-state index in [1.54, 1.807) is 22.7 Å². The van der Waals surface area contributed by atoms with Gasteiger partial charge in [0.2, 0.25) is 0 Å². The predicted molar refractivity (Wildman–Crippen MR) is 117 cm³/mol. The second-order valence-electron chi connectivity index (χ2n) is 7.15. The van der Waals surface area contributed by atoms with Crippen molar-refractivity contribution in [3.63, 3.8) is 0 Å². The maximum Gasteiger partial charge on any atom is 0.271 e. The number of amides is 1. The molecule has 0 saturated heterocycles. The Labute approximate surface area is 172 Å². The number of nitrogens with one attached hydrogen (secondary N) is 1. The van der Waals surface area contributed by atoms with Gasteiger partial charge in [0, 0.05) is 21.5 Å². The molecule has 0 unspecified atom stereocenters. The monoisotopic (exact) mass is 413 g/mol. The number of hydrogen-bond acceptors (Lipinski definition) is 5. The Balaban J connectivity index is 1.69. The van der Waals surface area contributed by atoms with Crippen LogP contribution >= 0.6 is 23.1 Å². The van der Waals surface area contributed by atoms with Crippen molar-refractivity contribution in [1.82, 2.24) is 9.55 Å². The van der Waals surface area contributed by atoms with Gasteiger partial charge in [0.1, 0.15) is 10.2 Å². The van der Waals surface area contributed by atoms with Gasteiger partial charge in [-0.1, -0.05) is 25.3 Å². The number of anilines is 1. The molecule has 28 heavy (non-hydrogen) atoms. The van der Waals surface area contributed by atoms with Crippen molar-refractivity contribution >= 4 is 44.9 Å². The molecule has 4 rings (SSSR count). The van der Waals surface area contributed by atoms with Gasteiger partial charge >= 0.3 is 0 Å². The Hall–Kier alpha value is -2.12. The second kappa shape index (κ2) is 8.09. The van der Waals surface area contributed by atoms with Gasteiger partial charge in [-0.25, -0.2) is 4.98 Å². The average Bonchev–Trinajstić information content (AvgIpc) is 3.06. The molecule has 1 amide bonds. The fraction of sp³-hybridized carbons (Fsp3) is 0.381. The summed E-state index contributed by atoms with van der Waals surface area (Å²) in [7, 11) is 0. The number of aryl methyl sites for hydroxylation is 1. The van der Waals surface area contributed by atoms with Crippen molar-refractivity contribution < 1.29 is 4.79 Å². The molecule has 1 N–H and O–H groups in total. The van der Waals surface area contributed by atoms with Crippen LogP contribution in [0.1, 0.15) is 53.4 Å². The van der Waals surface area contributed by atoms with Gasteiger partial charge in [-0.15, -0.1) is 23.1 Å². The fourth-order valence-electron chi connectivity index (χ4n) is 3.87. The van der Waals surface area contributed by atoms with Gasteiger partial charge < -0.3 is 5.32 Å². The number of carbonyl (C=O) groups excluding carboxylic acids is 1. The minimum atomic E-state index is -0.218. The van der Waals surface area contributed by atoms with Crippen LogP contribution in [-0.2, 0) is 0 Å². The number of hydrogen-bond donors (Lipinski definition) is 1. The molecule has 0 spiro atoms. The van der Waals surface area contributed by atoms with Crippen molar-refractivity contribution in [2.45, 2.75) is 50.0 Å². The van der Waals surface area contributed by atoms with Crippen molar-refractivity contribution in [2.24, 2.45) is 0 Å². The van der Waals surface area contributed by atoms with Crippen LogP contribution in [0.25, 0.3) is 10.2 Å². The van der Waals surface area contributed by atoms with Crippen molar-refractivity contribution in [1.29, 1.82) is 0 Å². The van der Waals surface area contributed by atoms with E-state index in [2.05, 4.69) is 10.3 Å². The van der Waals surface area contributed by atoms with Crippen LogP contribution in [0.5, 0.6) is 0 Å². The smallest absolute Gasteiger partial charge is 0.271 e. The summed E-state index contributed by atoms with van der Waals surface area (Å²) in [6.45, 7) is 1.88. The largest absolute Gasteiger partial charge is 0.322 e. The second-order valence-corrected chi connectivity index (χ2v) is 9.25. The van der Waals surface area contributed by atoms with Crippen molar-refractivity contribution in [3.05, 3.63) is 51.4 Å². The van der Waals surface area contributed by atoms with E-state index in [-0.39, 0.29) is 17.5 Å². The minimum Gasteiger partial charge on any atom is -0.322 e. The van der Waals surface area contributed by atoms with Crippen molar-refractivity contribution in [2.75, 3.05) is 11.6 Å². The van der Waals surface area contributed by atoms with Gasteiger partial charge in [0.15, 0.2) is 0 Å². The standard InChI is InChI=1S/C21H23N3O2S2/c1-13-17(20(25)23-14-7-6-10-16(11-14)27-2)18-19(28-13)21(26)24(12-22-18)15-8-4-3-5-9-15/h6-7,10-12,15H,3-5,8-9H2,1-2H3,(H,23,25). The third-order valence-electron chi connectivity index (χ3n) is 5.32. The summed E-state index contributed by atoms with van der Waals surface area (Å²) in [6, 6.07) is 7.95. The summed E-state index contributed by atoms with van der Waals surface area (Å²) in [6.07, 6.45) is 9.23. The Morgan fingerprint density at radius 1 is 1.29 bits per heavy atom. The number of thiophene rings is 1. The van der Waals surface area contributed by atoms with E-state index in [4.69, 9.17) is 0 Å². The maximum absolute atomic E-state index is 13.1. The molecule has 0 aliphatic heterocycles. The molecule has 146 valence electrons. The number of fused-ring (bicyclic) bond motifs is 1. The molecular weight excluding hydrogens is 390 g/mol. The summed E-state index contributed by atoms with van der Waals surface area (Å²) >= 11 is 2.99. The first kappa shape index (κ1) is 19.2. The first-order chi connectivity index (χ1) is 13.6. The third kappa shape index (κ3) is 3.61. The average molecular weight is 414 g/mol. The molecule has 1 fully saturated rings. The molecule has 3 aromatic rings. The normalized spacial score (nSPS) is 15.1. The molecule has 1 aliphatic rings. The number of benzene rings is 1. The lowest BCUT2D eigenvalue weighted by Gasteiger charge is -2.23. The lowest BCUT2D eigenvalue weighted by atomic mass is 9.95. The van der Waals surface area contributed by atoms with E-state index in [9.17, 15) is 9.59 Å². The zero-order valence-corrected chi connectivity index (χ0v) is 17.7. The number of nitrogens with zero attached hydrogens (tertiary/aromatic N) is 2. The summed E-state index contributed by atoms with van der Waals surface area (Å²) in [5.74, 6) is -0.218. The zero-order chi connectivity index (χ0) is 19.7. The number of aromatic nitrogens is 2. The molecule has 2 heterocycles. The van der Waals surface area contributed by atoms with Crippen LogP contribution < -0.4 is 10.9 Å². The van der Waals surface area contributed by atoms with Crippen LogP contribution in [0.3, 0.4) is 0 Å². The first-order valence-corrected chi connectivity index (χ1v) is 11.6. The van der Waals surface area contributed by atoms with Gasteiger partial charge in [-0.2, -0.15) is 0 Å². The number of thioether (sulfide) groups is 1. The molecule has 5 nitrogen and oxygen atoms in total. The highest BCUT2D eigenvalue weighted by atomic mass is 32.2. The van der Waals surface area contributed by atoms with E-state index >= 15 is 0 Å². The van der Waals surface area contributed by atoms with E-state index in [0.717, 1.165) is 41.1 Å². The lowest BCUT2D eigenvalue weighted by molar-refractivity contribution is 0.102. The predicted octanol–water partition coefficient (Wildman–Crippen LogP) is 5.25. The summed E-state index contributed by atoms with van der Waals surface area (Å²) in [4.78, 5) is 32.4. The molecule has 1 saturated carbocycles. The van der Waals surface area contributed by atoms with E-state index < -0.39 is 0 Å². The van der Waals surface area contributed by atoms with Gasteiger partial charge in [-0.05, 0) is 44.2 Å². The molecule has 0 atom stereocenters. The van der Waals surface area contributed by atoms with Crippen LogP contribution in [0.4, 0.5) is 5.69 Å². The minimum absolute atomic E-state index is 0.0200. The van der Waals surface area contributed by atoms with Crippen molar-refractivity contribution in [3.8, 4) is 0 Å². The Morgan fingerprint density at radius 3 is 2.82 bits per heavy atom. The number of rotatable bonds is 4. The topological polar surface area (TPSA) is 64.0 Å². The quantitative estimate of drug-likeness (QED) is 0.594. The van der Waals surface area contributed by atoms with Gasteiger partial charge in [0.05, 0.1) is 11.9 Å². The van der Waals surface area contributed by atoms with Crippen LogP contribution in [-0.4, -0.2) is 21.7 Å². The zero-order valence-electron chi connectivity index (χ0n) is 16.0. The molecule has 0 radical (unpaired) electrons. The first-order valence-electron chi connectivity index (χ1n) is 9.54. The molecule has 2 aromatic heterocycles. The highest BCUT2D eigenvalue weighted by molar-refractivity contribution is 7.98. The third-order valence-corrected chi connectivity index (χ3v) is 7.13. The Kier molecular flexibility index (Phi) is 5.55.